The van der Waals surface area contributed by atoms with Crippen molar-refractivity contribution in [1.82, 2.24) is 9.55 Å². The number of aryl methyl sites for hydroxylation is 1. The van der Waals surface area contributed by atoms with E-state index in [1.165, 1.54) is 0 Å². The van der Waals surface area contributed by atoms with Gasteiger partial charge in [-0.2, -0.15) is 0 Å². The largest absolute Gasteiger partial charge is 0.382 e. The molecule has 0 atom stereocenters. The van der Waals surface area contributed by atoms with Crippen molar-refractivity contribution in [2.45, 2.75) is 33.7 Å². The lowest BCUT2D eigenvalue weighted by molar-refractivity contribution is 0.139. The molecule has 0 aliphatic rings. The first-order valence-electron chi connectivity index (χ1n) is 6.71. The summed E-state index contributed by atoms with van der Waals surface area (Å²) in [5.74, 6) is 0.920. The van der Waals surface area contributed by atoms with Crippen LogP contribution in [0.2, 0.25) is 0 Å². The number of rotatable bonds is 10. The molecule has 18 heavy (non-hydrogen) atoms. The SMILES string of the molecule is CCOCCCNc1nc(C)cn1CCOCC. The molecule has 1 rings (SSSR count). The van der Waals surface area contributed by atoms with Crippen molar-refractivity contribution in [3.05, 3.63) is 11.9 Å². The highest BCUT2D eigenvalue weighted by atomic mass is 16.5. The maximum Gasteiger partial charge on any atom is 0.203 e. The smallest absolute Gasteiger partial charge is 0.203 e. The Kier molecular flexibility index (Phi) is 7.44. The minimum atomic E-state index is 0.722. The van der Waals surface area contributed by atoms with Crippen LogP contribution in [0.15, 0.2) is 6.20 Å². The number of imidazole rings is 1. The van der Waals surface area contributed by atoms with E-state index >= 15 is 0 Å². The quantitative estimate of drug-likeness (QED) is 0.650. The van der Waals surface area contributed by atoms with E-state index in [0.29, 0.717) is 0 Å². The van der Waals surface area contributed by atoms with Crippen LogP contribution in [0.4, 0.5) is 5.95 Å². The van der Waals surface area contributed by atoms with Crippen molar-refractivity contribution in [3.8, 4) is 0 Å². The molecule has 104 valence electrons. The first-order chi connectivity index (χ1) is 8.77. The van der Waals surface area contributed by atoms with Crippen LogP contribution in [0.5, 0.6) is 0 Å². The second-order valence-electron chi connectivity index (χ2n) is 4.07. The van der Waals surface area contributed by atoms with E-state index in [4.69, 9.17) is 9.47 Å². The van der Waals surface area contributed by atoms with E-state index in [1.54, 1.807) is 0 Å². The van der Waals surface area contributed by atoms with Crippen molar-refractivity contribution in [2.75, 3.05) is 38.3 Å². The fraction of sp³-hybridized carbons (Fsp3) is 0.769. The van der Waals surface area contributed by atoms with Gasteiger partial charge in [0.2, 0.25) is 5.95 Å². The van der Waals surface area contributed by atoms with E-state index in [-0.39, 0.29) is 0 Å². The van der Waals surface area contributed by atoms with Gasteiger partial charge in [-0.3, -0.25) is 0 Å². The van der Waals surface area contributed by atoms with E-state index < -0.39 is 0 Å². The molecule has 0 saturated heterocycles. The Morgan fingerprint density at radius 1 is 1.22 bits per heavy atom. The summed E-state index contributed by atoms with van der Waals surface area (Å²) in [6.45, 7) is 10.8. The summed E-state index contributed by atoms with van der Waals surface area (Å²) in [5.41, 5.74) is 1.03. The van der Waals surface area contributed by atoms with Crippen LogP contribution in [-0.2, 0) is 16.0 Å². The van der Waals surface area contributed by atoms with Crippen molar-refractivity contribution >= 4 is 5.95 Å². The topological polar surface area (TPSA) is 48.3 Å². The number of aromatic nitrogens is 2. The van der Waals surface area contributed by atoms with Crippen molar-refractivity contribution < 1.29 is 9.47 Å². The molecule has 1 aromatic heterocycles. The van der Waals surface area contributed by atoms with Gasteiger partial charge < -0.3 is 19.4 Å². The molecule has 0 aliphatic carbocycles. The molecule has 0 fully saturated rings. The molecule has 1 heterocycles. The van der Waals surface area contributed by atoms with Gasteiger partial charge in [0.25, 0.3) is 0 Å². The van der Waals surface area contributed by atoms with Gasteiger partial charge in [-0.1, -0.05) is 0 Å². The Morgan fingerprint density at radius 2 is 1.94 bits per heavy atom. The van der Waals surface area contributed by atoms with Crippen molar-refractivity contribution in [2.24, 2.45) is 0 Å². The standard InChI is InChI=1S/C13H25N3O2/c1-4-17-9-6-7-14-13-15-12(3)11-16(13)8-10-18-5-2/h11H,4-10H2,1-3H3,(H,14,15). The van der Waals surface area contributed by atoms with Gasteiger partial charge in [0.05, 0.1) is 12.3 Å². The molecular formula is C13H25N3O2. The molecule has 0 aromatic carbocycles. The maximum absolute atomic E-state index is 5.36. The third-order valence-electron chi connectivity index (χ3n) is 2.53. The summed E-state index contributed by atoms with van der Waals surface area (Å²) in [6, 6.07) is 0. The average Bonchev–Trinajstić information content (AvgIpc) is 2.70. The summed E-state index contributed by atoms with van der Waals surface area (Å²) in [6.07, 6.45) is 3.04. The van der Waals surface area contributed by atoms with E-state index in [9.17, 15) is 0 Å². The van der Waals surface area contributed by atoms with Gasteiger partial charge in [-0.05, 0) is 27.2 Å². The fourth-order valence-electron chi connectivity index (χ4n) is 1.68. The molecule has 5 heteroatoms. The number of nitrogens with zero attached hydrogens (tertiary/aromatic N) is 2. The summed E-state index contributed by atoms with van der Waals surface area (Å²) in [5, 5.41) is 3.34. The zero-order valence-corrected chi connectivity index (χ0v) is 11.7. The third kappa shape index (κ3) is 5.51. The molecule has 0 aliphatic heterocycles. The highest BCUT2D eigenvalue weighted by Crippen LogP contribution is 2.08. The van der Waals surface area contributed by atoms with Gasteiger partial charge in [0.1, 0.15) is 0 Å². The van der Waals surface area contributed by atoms with Crippen molar-refractivity contribution in [1.29, 1.82) is 0 Å². The molecule has 0 radical (unpaired) electrons. The van der Waals surface area contributed by atoms with Gasteiger partial charge in [-0.25, -0.2) is 4.98 Å². The lowest BCUT2D eigenvalue weighted by Crippen LogP contribution is -2.12. The van der Waals surface area contributed by atoms with Crippen LogP contribution in [0.1, 0.15) is 26.0 Å². The van der Waals surface area contributed by atoms with Crippen LogP contribution in [-0.4, -0.2) is 42.5 Å². The molecule has 0 saturated carbocycles. The molecule has 0 spiro atoms. The highest BCUT2D eigenvalue weighted by molar-refractivity contribution is 5.28. The van der Waals surface area contributed by atoms with Gasteiger partial charge >= 0.3 is 0 Å². The zero-order chi connectivity index (χ0) is 13.2. The molecule has 0 unspecified atom stereocenters. The Hall–Kier alpha value is -1.07. The lowest BCUT2D eigenvalue weighted by Gasteiger charge is -2.09. The molecule has 5 nitrogen and oxygen atoms in total. The summed E-state index contributed by atoms with van der Waals surface area (Å²) < 4.78 is 12.8. The summed E-state index contributed by atoms with van der Waals surface area (Å²) in [4.78, 5) is 4.46. The Morgan fingerprint density at radius 3 is 2.67 bits per heavy atom. The summed E-state index contributed by atoms with van der Waals surface area (Å²) >= 11 is 0. The Balaban J connectivity index is 2.33. The molecule has 1 N–H and O–H groups in total. The molecular weight excluding hydrogens is 230 g/mol. The van der Waals surface area contributed by atoms with E-state index in [1.807, 2.05) is 27.0 Å². The number of hydrogen-bond donors (Lipinski definition) is 1. The van der Waals surface area contributed by atoms with Gasteiger partial charge in [0, 0.05) is 39.1 Å². The van der Waals surface area contributed by atoms with Crippen LogP contribution < -0.4 is 5.32 Å². The average molecular weight is 255 g/mol. The van der Waals surface area contributed by atoms with E-state index in [0.717, 1.165) is 57.6 Å². The minimum absolute atomic E-state index is 0.722. The Labute approximate surface area is 109 Å². The molecule has 1 aromatic rings. The first-order valence-corrected chi connectivity index (χ1v) is 6.71. The van der Waals surface area contributed by atoms with Gasteiger partial charge in [-0.15, -0.1) is 0 Å². The van der Waals surface area contributed by atoms with E-state index in [2.05, 4.69) is 14.9 Å². The minimum Gasteiger partial charge on any atom is -0.382 e. The second-order valence-corrected chi connectivity index (χ2v) is 4.07. The van der Waals surface area contributed by atoms with Crippen LogP contribution in [0, 0.1) is 6.92 Å². The Bertz CT molecular complexity index is 326. The number of anilines is 1. The number of hydrogen-bond acceptors (Lipinski definition) is 4. The maximum atomic E-state index is 5.36. The fourth-order valence-corrected chi connectivity index (χ4v) is 1.68. The lowest BCUT2D eigenvalue weighted by atomic mass is 10.4. The van der Waals surface area contributed by atoms with Crippen LogP contribution in [0.25, 0.3) is 0 Å². The van der Waals surface area contributed by atoms with Crippen molar-refractivity contribution in [3.63, 3.8) is 0 Å². The normalized spacial score (nSPS) is 10.8. The number of nitrogens with one attached hydrogen (secondary N) is 1. The third-order valence-corrected chi connectivity index (χ3v) is 2.53. The number of ether oxygens (including phenoxy) is 2. The molecule has 0 bridgehead atoms. The zero-order valence-electron chi connectivity index (χ0n) is 11.7. The predicted molar refractivity (Wildman–Crippen MR) is 73.1 cm³/mol. The highest BCUT2D eigenvalue weighted by Gasteiger charge is 2.04. The first kappa shape index (κ1) is 15.0. The predicted octanol–water partition coefficient (Wildman–Crippen LogP) is 2.07. The monoisotopic (exact) mass is 255 g/mol. The second kappa shape index (κ2) is 8.94. The van der Waals surface area contributed by atoms with Crippen LogP contribution in [0.3, 0.4) is 0 Å². The summed E-state index contributed by atoms with van der Waals surface area (Å²) in [7, 11) is 0. The van der Waals surface area contributed by atoms with Gasteiger partial charge in [0.15, 0.2) is 0 Å². The van der Waals surface area contributed by atoms with Crippen LogP contribution >= 0.6 is 0 Å². The molecule has 0 amide bonds.